The summed E-state index contributed by atoms with van der Waals surface area (Å²) in [6.45, 7) is 0.876. The smallest absolute Gasteiger partial charge is 0.0480 e. The van der Waals surface area contributed by atoms with Gasteiger partial charge in [-0.3, -0.25) is 0 Å². The van der Waals surface area contributed by atoms with Gasteiger partial charge in [0.15, 0.2) is 0 Å². The normalized spacial score (nSPS) is 14.3. The van der Waals surface area contributed by atoms with E-state index in [0.29, 0.717) is 0 Å². The Bertz CT molecular complexity index is 411. The molecule has 2 rings (SSSR count). The fourth-order valence-electron chi connectivity index (χ4n) is 1.45. The molecule has 0 saturated carbocycles. The molecule has 0 aromatic heterocycles. The highest BCUT2D eigenvalue weighted by molar-refractivity contribution is 9.08. The quantitative estimate of drug-likeness (QED) is 0.581. The molecule has 1 aromatic rings. The van der Waals surface area contributed by atoms with Gasteiger partial charge in [0, 0.05) is 23.8 Å². The summed E-state index contributed by atoms with van der Waals surface area (Å²) in [5.74, 6) is 0. The predicted octanol–water partition coefficient (Wildman–Crippen LogP) is 3.63. The summed E-state index contributed by atoms with van der Waals surface area (Å²) < 4.78 is 0. The van der Waals surface area contributed by atoms with E-state index in [9.17, 15) is 0 Å². The molecule has 1 aliphatic rings. The molecule has 0 radical (unpaired) electrons. The summed E-state index contributed by atoms with van der Waals surface area (Å²) in [5.41, 5.74) is 5.59. The minimum atomic E-state index is 0.876. The lowest BCUT2D eigenvalue weighted by atomic mass is 10.2. The Hall–Kier alpha value is -1.24. The molecule has 1 aromatic carbocycles. The van der Waals surface area contributed by atoms with Crippen molar-refractivity contribution in [3.8, 4) is 0 Å². The van der Waals surface area contributed by atoms with Crippen molar-refractivity contribution in [1.82, 2.24) is 0 Å². The van der Waals surface area contributed by atoms with Crippen LogP contribution in [0.4, 0.5) is 5.69 Å². The Morgan fingerprint density at radius 1 is 1.27 bits per heavy atom. The Kier molecular flexibility index (Phi) is 3.44. The number of rotatable bonds is 2. The van der Waals surface area contributed by atoms with Crippen molar-refractivity contribution < 1.29 is 0 Å². The lowest BCUT2D eigenvalue weighted by molar-refractivity contribution is 1.09. The van der Waals surface area contributed by atoms with Crippen LogP contribution in [0.25, 0.3) is 0 Å². The van der Waals surface area contributed by atoms with E-state index in [1.807, 2.05) is 18.2 Å². The van der Waals surface area contributed by atoms with Gasteiger partial charge in [0.2, 0.25) is 0 Å². The molecule has 15 heavy (non-hydrogen) atoms. The van der Waals surface area contributed by atoms with Gasteiger partial charge >= 0.3 is 0 Å². The van der Waals surface area contributed by atoms with Gasteiger partial charge in [0.1, 0.15) is 0 Å². The van der Waals surface area contributed by atoms with Gasteiger partial charge in [-0.1, -0.05) is 28.1 Å². The molecule has 0 spiro atoms. The average molecular weight is 262 g/mol. The number of halogens is 1. The second-order valence-corrected chi connectivity index (χ2v) is 3.89. The van der Waals surface area contributed by atoms with E-state index in [4.69, 9.17) is 0 Å². The van der Waals surface area contributed by atoms with Crippen LogP contribution in [0.3, 0.4) is 0 Å². The number of alkyl halides is 1. The molecule has 0 unspecified atom stereocenters. The summed E-state index contributed by atoms with van der Waals surface area (Å²) in [5, 5.41) is 0.907. The fourth-order valence-corrected chi connectivity index (χ4v) is 1.82. The monoisotopic (exact) mass is 261 g/mol. The van der Waals surface area contributed by atoms with E-state index < -0.39 is 0 Å². The Balaban J connectivity index is 2.19. The number of nitrogens with zero attached hydrogens (tertiary/aromatic N) is 1. The molecular weight excluding hydrogens is 250 g/mol. The van der Waals surface area contributed by atoms with Crippen molar-refractivity contribution in [3.05, 3.63) is 60.0 Å². The van der Waals surface area contributed by atoms with Crippen LogP contribution in [0.5, 0.6) is 0 Å². The first-order valence-corrected chi connectivity index (χ1v) is 6.01. The molecule has 0 bridgehead atoms. The van der Waals surface area contributed by atoms with Gasteiger partial charge in [-0.15, -0.1) is 5.73 Å². The molecule has 0 N–H and O–H groups in total. The maximum Gasteiger partial charge on any atom is 0.0480 e. The third kappa shape index (κ3) is 2.62. The molecule has 0 amide bonds. The summed E-state index contributed by atoms with van der Waals surface area (Å²) in [7, 11) is 0. The molecular formula is C13H12BrN. The zero-order valence-electron chi connectivity index (χ0n) is 8.36. The number of allylic oxidation sites excluding steroid dienone is 1. The van der Waals surface area contributed by atoms with Crippen LogP contribution < -0.4 is 4.90 Å². The van der Waals surface area contributed by atoms with Crippen LogP contribution in [-0.2, 0) is 5.33 Å². The second-order valence-electron chi connectivity index (χ2n) is 3.33. The fraction of sp³-hybridized carbons (Fsp3) is 0.154. The van der Waals surface area contributed by atoms with E-state index in [-0.39, 0.29) is 0 Å². The van der Waals surface area contributed by atoms with Gasteiger partial charge in [0.25, 0.3) is 0 Å². The zero-order valence-corrected chi connectivity index (χ0v) is 9.94. The van der Waals surface area contributed by atoms with E-state index in [0.717, 1.165) is 11.9 Å². The zero-order chi connectivity index (χ0) is 10.5. The van der Waals surface area contributed by atoms with Crippen molar-refractivity contribution in [2.24, 2.45) is 0 Å². The Morgan fingerprint density at radius 2 is 2.07 bits per heavy atom. The molecule has 1 aliphatic heterocycles. The first-order valence-electron chi connectivity index (χ1n) is 4.89. The number of benzene rings is 1. The maximum absolute atomic E-state index is 3.44. The first kappa shape index (κ1) is 10.3. The lowest BCUT2D eigenvalue weighted by Gasteiger charge is -2.17. The maximum atomic E-state index is 3.44. The highest BCUT2D eigenvalue weighted by atomic mass is 79.9. The van der Waals surface area contributed by atoms with Crippen LogP contribution in [0.15, 0.2) is 54.4 Å². The first-order chi connectivity index (χ1) is 7.40. The van der Waals surface area contributed by atoms with Crippen LogP contribution >= 0.6 is 15.9 Å². The third-order valence-electron chi connectivity index (χ3n) is 2.29. The van der Waals surface area contributed by atoms with Gasteiger partial charge in [-0.2, -0.15) is 0 Å². The lowest BCUT2D eigenvalue weighted by Crippen LogP contribution is -2.14. The molecule has 0 aliphatic carbocycles. The average Bonchev–Trinajstić information content (AvgIpc) is 2.58. The molecule has 0 fully saturated rings. The van der Waals surface area contributed by atoms with Crippen LogP contribution in [0.2, 0.25) is 0 Å². The molecule has 1 nitrogen and oxygen atoms in total. The van der Waals surface area contributed by atoms with E-state index >= 15 is 0 Å². The SMILES string of the molecule is BrCc1ccc(N2C=CC=C=CC2)cc1. The largest absolute Gasteiger partial charge is 0.344 e. The number of anilines is 1. The molecule has 76 valence electrons. The Morgan fingerprint density at radius 3 is 2.80 bits per heavy atom. The van der Waals surface area contributed by atoms with Crippen LogP contribution in [-0.4, -0.2) is 6.54 Å². The van der Waals surface area contributed by atoms with Crippen LogP contribution in [0, 0.1) is 0 Å². The van der Waals surface area contributed by atoms with Crippen LogP contribution in [0.1, 0.15) is 5.56 Å². The summed E-state index contributed by atoms with van der Waals surface area (Å²) in [6.07, 6.45) is 8.02. The Labute approximate surface area is 98.5 Å². The van der Waals surface area contributed by atoms with Crippen molar-refractivity contribution in [1.29, 1.82) is 0 Å². The summed E-state index contributed by atoms with van der Waals surface area (Å²) >= 11 is 3.44. The highest BCUT2D eigenvalue weighted by Gasteiger charge is 2.01. The minimum absolute atomic E-state index is 0.876. The van der Waals surface area contributed by atoms with E-state index in [2.05, 4.69) is 57.0 Å². The minimum Gasteiger partial charge on any atom is -0.344 e. The van der Waals surface area contributed by atoms with Gasteiger partial charge in [-0.05, 0) is 35.9 Å². The molecule has 1 heterocycles. The van der Waals surface area contributed by atoms with Crippen molar-refractivity contribution in [3.63, 3.8) is 0 Å². The summed E-state index contributed by atoms with van der Waals surface area (Å²) in [6, 6.07) is 8.56. The van der Waals surface area contributed by atoms with Crippen molar-refractivity contribution >= 4 is 21.6 Å². The van der Waals surface area contributed by atoms with Gasteiger partial charge < -0.3 is 4.90 Å². The molecule has 2 heteroatoms. The van der Waals surface area contributed by atoms with Gasteiger partial charge in [-0.25, -0.2) is 0 Å². The van der Waals surface area contributed by atoms with Crippen molar-refractivity contribution in [2.45, 2.75) is 5.33 Å². The standard InChI is InChI=1S/C13H12BrN/c14-11-12-5-7-13(8-6-12)15-9-3-1-2-4-10-15/h1,3-9H,10-11H2. The number of hydrogen-bond acceptors (Lipinski definition) is 1. The topological polar surface area (TPSA) is 3.24 Å². The van der Waals surface area contributed by atoms with Gasteiger partial charge in [0.05, 0.1) is 0 Å². The molecule has 0 atom stereocenters. The predicted molar refractivity (Wildman–Crippen MR) is 68.2 cm³/mol. The van der Waals surface area contributed by atoms with Crippen molar-refractivity contribution in [2.75, 3.05) is 11.4 Å². The van der Waals surface area contributed by atoms with E-state index in [1.54, 1.807) is 0 Å². The summed E-state index contributed by atoms with van der Waals surface area (Å²) in [4.78, 5) is 2.19. The molecule has 0 saturated heterocycles. The second kappa shape index (κ2) is 5.01. The highest BCUT2D eigenvalue weighted by Crippen LogP contribution is 2.17. The van der Waals surface area contributed by atoms with E-state index in [1.165, 1.54) is 11.3 Å². The number of hydrogen-bond donors (Lipinski definition) is 0. The third-order valence-corrected chi connectivity index (χ3v) is 2.93.